The Hall–Kier alpha value is -2.24. The molecule has 0 saturated heterocycles. The van der Waals surface area contributed by atoms with E-state index < -0.39 is 46.9 Å². The van der Waals surface area contributed by atoms with Crippen LogP contribution in [0.2, 0.25) is 0 Å². The monoisotopic (exact) mass is 286 g/mol. The fourth-order valence-corrected chi connectivity index (χ4v) is 1.72. The molecular weight excluding hydrogens is 279 g/mol. The highest BCUT2D eigenvalue weighted by Crippen LogP contribution is 2.24. The normalized spacial score (nSPS) is 10.7. The summed E-state index contributed by atoms with van der Waals surface area (Å²) < 4.78 is 65.7. The first-order valence-electron chi connectivity index (χ1n) is 5.52. The van der Waals surface area contributed by atoms with Gasteiger partial charge in [-0.1, -0.05) is 30.3 Å². The second-order valence-electron chi connectivity index (χ2n) is 4.03. The van der Waals surface area contributed by atoms with E-state index in [-0.39, 0.29) is 0 Å². The first kappa shape index (κ1) is 14.2. The van der Waals surface area contributed by atoms with Crippen LogP contribution in [0, 0.1) is 29.1 Å². The predicted octanol–water partition coefficient (Wildman–Crippen LogP) is 3.81. The zero-order valence-corrected chi connectivity index (χ0v) is 9.89. The van der Waals surface area contributed by atoms with Crippen molar-refractivity contribution in [3.8, 4) is 0 Å². The van der Waals surface area contributed by atoms with Crippen molar-refractivity contribution in [2.45, 2.75) is 6.42 Å². The van der Waals surface area contributed by atoms with Gasteiger partial charge in [-0.15, -0.1) is 0 Å². The van der Waals surface area contributed by atoms with Gasteiger partial charge in [0.2, 0.25) is 5.82 Å². The summed E-state index contributed by atoms with van der Waals surface area (Å²) in [5, 5.41) is 0. The topological polar surface area (TPSA) is 17.1 Å². The van der Waals surface area contributed by atoms with Crippen molar-refractivity contribution < 1.29 is 26.7 Å². The van der Waals surface area contributed by atoms with Crippen LogP contribution in [0.1, 0.15) is 15.9 Å². The van der Waals surface area contributed by atoms with Crippen LogP contribution in [0.25, 0.3) is 0 Å². The van der Waals surface area contributed by atoms with E-state index in [1.165, 1.54) is 12.1 Å². The van der Waals surface area contributed by atoms with Gasteiger partial charge in [0.05, 0.1) is 5.56 Å². The molecule has 0 atom stereocenters. The second kappa shape index (κ2) is 5.40. The number of ketones is 1. The number of carbonyl (C=O) groups excluding carboxylic acids is 1. The van der Waals surface area contributed by atoms with Gasteiger partial charge in [-0.05, 0) is 5.56 Å². The lowest BCUT2D eigenvalue weighted by molar-refractivity contribution is 0.0981. The van der Waals surface area contributed by atoms with Crippen LogP contribution in [-0.2, 0) is 6.42 Å². The fraction of sp³-hybridized carbons (Fsp3) is 0.0714. The Kier molecular flexibility index (Phi) is 3.83. The fourth-order valence-electron chi connectivity index (χ4n) is 1.72. The Labute approximate surface area is 110 Å². The van der Waals surface area contributed by atoms with Crippen molar-refractivity contribution in [2.24, 2.45) is 0 Å². The third-order valence-electron chi connectivity index (χ3n) is 2.70. The van der Waals surface area contributed by atoms with Crippen molar-refractivity contribution in [1.29, 1.82) is 0 Å². The number of hydrogen-bond acceptors (Lipinski definition) is 1. The Balaban J connectivity index is 2.45. The zero-order chi connectivity index (χ0) is 14.9. The first-order valence-corrected chi connectivity index (χ1v) is 5.52. The predicted molar refractivity (Wildman–Crippen MR) is 60.7 cm³/mol. The molecule has 0 fully saturated rings. The van der Waals surface area contributed by atoms with Crippen molar-refractivity contribution in [3.63, 3.8) is 0 Å². The minimum absolute atomic E-state index is 0.404. The Morgan fingerprint density at radius 1 is 0.750 bits per heavy atom. The standard InChI is InChI=1S/C14H7F5O/c15-10-9(11(16)13(18)14(19)12(10)17)8(20)6-7-4-2-1-3-5-7/h1-5H,6H2. The van der Waals surface area contributed by atoms with Gasteiger partial charge in [0, 0.05) is 6.42 Å². The number of carbonyl (C=O) groups is 1. The molecule has 0 N–H and O–H groups in total. The van der Waals surface area contributed by atoms with Crippen LogP contribution >= 0.6 is 0 Å². The summed E-state index contributed by atoms with van der Waals surface area (Å²) in [5.74, 6) is -11.9. The lowest BCUT2D eigenvalue weighted by Gasteiger charge is -2.07. The highest BCUT2D eigenvalue weighted by molar-refractivity contribution is 5.98. The lowest BCUT2D eigenvalue weighted by atomic mass is 10.0. The van der Waals surface area contributed by atoms with E-state index in [1.54, 1.807) is 18.2 Å². The van der Waals surface area contributed by atoms with E-state index in [4.69, 9.17) is 0 Å². The first-order chi connectivity index (χ1) is 9.43. The molecule has 0 aromatic heterocycles. The molecule has 0 heterocycles. The number of halogens is 5. The van der Waals surface area contributed by atoms with E-state index in [1.807, 2.05) is 0 Å². The largest absolute Gasteiger partial charge is 0.294 e. The lowest BCUT2D eigenvalue weighted by Crippen LogP contribution is -2.14. The smallest absolute Gasteiger partial charge is 0.200 e. The molecule has 2 aromatic carbocycles. The third-order valence-corrected chi connectivity index (χ3v) is 2.70. The van der Waals surface area contributed by atoms with Crippen LogP contribution in [0.15, 0.2) is 30.3 Å². The average molecular weight is 286 g/mol. The van der Waals surface area contributed by atoms with Gasteiger partial charge in [0.25, 0.3) is 0 Å². The van der Waals surface area contributed by atoms with Crippen molar-refractivity contribution >= 4 is 5.78 Å². The minimum atomic E-state index is -2.28. The Bertz CT molecular complexity index is 638. The van der Waals surface area contributed by atoms with E-state index in [9.17, 15) is 26.7 Å². The summed E-state index contributed by atoms with van der Waals surface area (Å²) in [5.41, 5.74) is -1.01. The molecule has 2 aromatic rings. The molecule has 6 heteroatoms. The van der Waals surface area contributed by atoms with Gasteiger partial charge >= 0.3 is 0 Å². The van der Waals surface area contributed by atoms with Gasteiger partial charge in [-0.25, -0.2) is 22.0 Å². The van der Waals surface area contributed by atoms with Crippen LogP contribution in [0.4, 0.5) is 22.0 Å². The summed E-state index contributed by atoms with van der Waals surface area (Å²) in [6.45, 7) is 0. The molecule has 0 aliphatic rings. The summed E-state index contributed by atoms with van der Waals surface area (Å²) in [6.07, 6.45) is -0.459. The number of rotatable bonds is 3. The second-order valence-corrected chi connectivity index (χ2v) is 4.03. The van der Waals surface area contributed by atoms with Crippen LogP contribution in [-0.4, -0.2) is 5.78 Å². The molecule has 0 radical (unpaired) electrons. The zero-order valence-electron chi connectivity index (χ0n) is 9.89. The van der Waals surface area contributed by atoms with Gasteiger partial charge in [0.1, 0.15) is 0 Å². The van der Waals surface area contributed by atoms with Crippen LogP contribution < -0.4 is 0 Å². The summed E-state index contributed by atoms with van der Waals surface area (Å²) >= 11 is 0. The minimum Gasteiger partial charge on any atom is -0.294 e. The molecule has 20 heavy (non-hydrogen) atoms. The van der Waals surface area contributed by atoms with Crippen molar-refractivity contribution in [1.82, 2.24) is 0 Å². The van der Waals surface area contributed by atoms with Crippen molar-refractivity contribution in [2.75, 3.05) is 0 Å². The molecule has 0 saturated carbocycles. The molecule has 0 bridgehead atoms. The quantitative estimate of drug-likeness (QED) is 0.363. The SMILES string of the molecule is O=C(Cc1ccccc1)c1c(F)c(F)c(F)c(F)c1F. The van der Waals surface area contributed by atoms with Gasteiger partial charge < -0.3 is 0 Å². The summed E-state index contributed by atoms with van der Waals surface area (Å²) in [4.78, 5) is 11.7. The number of Topliss-reactive ketones (excluding diaryl/α,β-unsaturated/α-hetero) is 1. The van der Waals surface area contributed by atoms with Crippen LogP contribution in [0.5, 0.6) is 0 Å². The van der Waals surface area contributed by atoms with Crippen LogP contribution in [0.3, 0.4) is 0 Å². The number of hydrogen-bond donors (Lipinski definition) is 0. The third kappa shape index (κ3) is 2.41. The van der Waals surface area contributed by atoms with Gasteiger partial charge in [-0.3, -0.25) is 4.79 Å². The molecule has 2 rings (SSSR count). The molecule has 1 nitrogen and oxygen atoms in total. The maximum atomic E-state index is 13.4. The van der Waals surface area contributed by atoms with E-state index in [0.717, 1.165) is 0 Å². The number of benzene rings is 2. The highest BCUT2D eigenvalue weighted by atomic mass is 19.2. The highest BCUT2D eigenvalue weighted by Gasteiger charge is 2.29. The maximum absolute atomic E-state index is 13.4. The summed E-state index contributed by atoms with van der Waals surface area (Å²) in [7, 11) is 0. The van der Waals surface area contributed by atoms with E-state index in [2.05, 4.69) is 0 Å². The molecule has 0 aliphatic heterocycles. The molecule has 0 amide bonds. The molecular formula is C14H7F5O. The van der Waals surface area contributed by atoms with E-state index in [0.29, 0.717) is 5.56 Å². The molecule has 104 valence electrons. The maximum Gasteiger partial charge on any atom is 0.200 e. The Morgan fingerprint density at radius 3 is 1.70 bits per heavy atom. The average Bonchev–Trinajstić information content (AvgIpc) is 2.44. The van der Waals surface area contributed by atoms with Gasteiger partial charge in [0.15, 0.2) is 29.1 Å². The molecule has 0 spiro atoms. The van der Waals surface area contributed by atoms with E-state index >= 15 is 0 Å². The van der Waals surface area contributed by atoms with Gasteiger partial charge in [-0.2, -0.15) is 0 Å². The summed E-state index contributed by atoms with van der Waals surface area (Å²) in [6, 6.07) is 7.84. The Morgan fingerprint density at radius 2 is 1.20 bits per heavy atom. The molecule has 0 aliphatic carbocycles. The molecule has 0 unspecified atom stereocenters. The van der Waals surface area contributed by atoms with Crippen molar-refractivity contribution in [3.05, 3.63) is 70.5 Å².